The minimum atomic E-state index is 0.444. The Kier molecular flexibility index (Phi) is 5.67. The molecule has 0 spiro atoms. The minimum absolute atomic E-state index is 0.444. The second-order valence-electron chi connectivity index (χ2n) is 3.95. The summed E-state index contributed by atoms with van der Waals surface area (Å²) in [6, 6.07) is 11.1. The Labute approximate surface area is 99.3 Å². The molecule has 0 saturated carbocycles. The van der Waals surface area contributed by atoms with Gasteiger partial charge in [0.15, 0.2) is 0 Å². The molecule has 1 heteroatoms. The number of rotatable bonds is 5. The van der Waals surface area contributed by atoms with Crippen LogP contribution in [0.5, 0.6) is 0 Å². The Bertz CT molecular complexity index is 345. The van der Waals surface area contributed by atoms with Gasteiger partial charge in [0.2, 0.25) is 0 Å². The van der Waals surface area contributed by atoms with Crippen molar-refractivity contribution in [2.45, 2.75) is 38.6 Å². The van der Waals surface area contributed by atoms with Crippen LogP contribution in [0.25, 0.3) is 0 Å². The molecule has 0 heterocycles. The van der Waals surface area contributed by atoms with E-state index in [0.29, 0.717) is 12.0 Å². The second kappa shape index (κ2) is 7.09. The van der Waals surface area contributed by atoms with Crippen molar-refractivity contribution in [3.63, 3.8) is 0 Å². The van der Waals surface area contributed by atoms with Gasteiger partial charge in [-0.1, -0.05) is 37.3 Å². The fraction of sp³-hybridized carbons (Fsp3) is 0.467. The lowest BCUT2D eigenvalue weighted by Crippen LogP contribution is -2.31. The molecule has 0 aliphatic carbocycles. The van der Waals surface area contributed by atoms with Gasteiger partial charge in [-0.15, -0.1) is 11.8 Å². The first-order chi connectivity index (χ1) is 7.83. The lowest BCUT2D eigenvalue weighted by molar-refractivity contribution is 0.459. The summed E-state index contributed by atoms with van der Waals surface area (Å²) in [6.45, 7) is 4.14. The molecule has 1 rings (SSSR count). The quantitative estimate of drug-likeness (QED) is 0.744. The van der Waals surface area contributed by atoms with Crippen LogP contribution in [0.15, 0.2) is 30.3 Å². The standard InChI is InChI=1S/C15H21N/c1-4-6-12-15(16-3)14(5-2)13-10-8-7-9-11-13/h7-11,14-16H,5,12H2,1-3H3. The Balaban J connectivity index is 2.81. The summed E-state index contributed by atoms with van der Waals surface area (Å²) < 4.78 is 0. The molecule has 1 N–H and O–H groups in total. The molecule has 2 unspecified atom stereocenters. The van der Waals surface area contributed by atoms with Crippen LogP contribution in [0.3, 0.4) is 0 Å². The lowest BCUT2D eigenvalue weighted by atomic mass is 9.87. The Morgan fingerprint density at radius 3 is 2.44 bits per heavy atom. The molecule has 0 bridgehead atoms. The molecular weight excluding hydrogens is 194 g/mol. The predicted molar refractivity (Wildman–Crippen MR) is 70.4 cm³/mol. The first-order valence-electron chi connectivity index (χ1n) is 5.95. The van der Waals surface area contributed by atoms with Crippen molar-refractivity contribution in [3.05, 3.63) is 35.9 Å². The Hall–Kier alpha value is -1.26. The molecule has 2 atom stereocenters. The zero-order chi connectivity index (χ0) is 11.8. The SMILES string of the molecule is CC#CCC(NC)C(CC)c1ccccc1. The van der Waals surface area contributed by atoms with E-state index < -0.39 is 0 Å². The third-order valence-corrected chi connectivity index (χ3v) is 3.02. The van der Waals surface area contributed by atoms with Crippen LogP contribution in [-0.2, 0) is 0 Å². The summed E-state index contributed by atoms with van der Waals surface area (Å²) in [5.41, 5.74) is 1.40. The molecule has 86 valence electrons. The van der Waals surface area contributed by atoms with Crippen LogP contribution in [0.1, 0.15) is 38.2 Å². The van der Waals surface area contributed by atoms with Gasteiger partial charge in [-0.3, -0.25) is 0 Å². The molecular formula is C15H21N. The van der Waals surface area contributed by atoms with Crippen molar-refractivity contribution in [1.82, 2.24) is 5.32 Å². The van der Waals surface area contributed by atoms with E-state index in [2.05, 4.69) is 54.4 Å². The van der Waals surface area contributed by atoms with Gasteiger partial charge in [-0.05, 0) is 31.9 Å². The fourth-order valence-electron chi connectivity index (χ4n) is 2.11. The maximum atomic E-state index is 3.38. The summed E-state index contributed by atoms with van der Waals surface area (Å²) in [5.74, 6) is 6.69. The summed E-state index contributed by atoms with van der Waals surface area (Å²) in [7, 11) is 2.02. The zero-order valence-corrected chi connectivity index (χ0v) is 10.5. The van der Waals surface area contributed by atoms with Crippen molar-refractivity contribution in [2.75, 3.05) is 7.05 Å². The number of hydrogen-bond acceptors (Lipinski definition) is 1. The second-order valence-corrected chi connectivity index (χ2v) is 3.95. The van der Waals surface area contributed by atoms with Crippen LogP contribution in [-0.4, -0.2) is 13.1 Å². The first-order valence-corrected chi connectivity index (χ1v) is 5.95. The van der Waals surface area contributed by atoms with E-state index in [1.807, 2.05) is 14.0 Å². The molecule has 16 heavy (non-hydrogen) atoms. The van der Waals surface area contributed by atoms with Crippen molar-refractivity contribution < 1.29 is 0 Å². The van der Waals surface area contributed by atoms with E-state index in [-0.39, 0.29) is 0 Å². The van der Waals surface area contributed by atoms with E-state index in [1.165, 1.54) is 5.56 Å². The molecule has 1 aromatic rings. The van der Waals surface area contributed by atoms with E-state index in [4.69, 9.17) is 0 Å². The molecule has 0 fully saturated rings. The number of hydrogen-bond donors (Lipinski definition) is 1. The van der Waals surface area contributed by atoms with Crippen LogP contribution < -0.4 is 5.32 Å². The summed E-state index contributed by atoms with van der Waals surface area (Å²) >= 11 is 0. The summed E-state index contributed by atoms with van der Waals surface area (Å²) in [6.07, 6.45) is 2.06. The highest BCUT2D eigenvalue weighted by Crippen LogP contribution is 2.24. The highest BCUT2D eigenvalue weighted by molar-refractivity contribution is 5.22. The number of likely N-dealkylation sites (N-methyl/N-ethyl adjacent to an activating group) is 1. The number of nitrogens with one attached hydrogen (secondary N) is 1. The molecule has 0 aromatic heterocycles. The smallest absolute Gasteiger partial charge is 0.0249 e. The van der Waals surface area contributed by atoms with Crippen LogP contribution in [0.2, 0.25) is 0 Å². The van der Waals surface area contributed by atoms with Crippen LogP contribution in [0, 0.1) is 11.8 Å². The van der Waals surface area contributed by atoms with E-state index in [9.17, 15) is 0 Å². The third kappa shape index (κ3) is 3.40. The normalized spacial score (nSPS) is 13.7. The molecule has 0 amide bonds. The van der Waals surface area contributed by atoms with E-state index in [0.717, 1.165) is 12.8 Å². The molecule has 0 radical (unpaired) electrons. The highest BCUT2D eigenvalue weighted by Gasteiger charge is 2.18. The third-order valence-electron chi connectivity index (χ3n) is 3.02. The maximum absolute atomic E-state index is 3.38. The van der Waals surface area contributed by atoms with E-state index in [1.54, 1.807) is 0 Å². The summed E-state index contributed by atoms with van der Waals surface area (Å²) in [4.78, 5) is 0. The molecule has 1 aromatic carbocycles. The van der Waals surface area contributed by atoms with Gasteiger partial charge >= 0.3 is 0 Å². The van der Waals surface area contributed by atoms with Crippen molar-refractivity contribution in [1.29, 1.82) is 0 Å². The van der Waals surface area contributed by atoms with Gasteiger partial charge in [0.25, 0.3) is 0 Å². The van der Waals surface area contributed by atoms with Crippen molar-refractivity contribution in [3.8, 4) is 11.8 Å². The Morgan fingerprint density at radius 2 is 1.94 bits per heavy atom. The molecule has 0 aliphatic rings. The lowest BCUT2D eigenvalue weighted by Gasteiger charge is -2.24. The highest BCUT2D eigenvalue weighted by atomic mass is 14.9. The fourth-order valence-corrected chi connectivity index (χ4v) is 2.11. The average Bonchev–Trinajstić information content (AvgIpc) is 2.35. The van der Waals surface area contributed by atoms with Crippen LogP contribution in [0.4, 0.5) is 0 Å². The largest absolute Gasteiger partial charge is 0.315 e. The van der Waals surface area contributed by atoms with Gasteiger partial charge in [0, 0.05) is 12.5 Å². The topological polar surface area (TPSA) is 12.0 Å². The van der Waals surface area contributed by atoms with Crippen molar-refractivity contribution in [2.24, 2.45) is 0 Å². The molecule has 0 aliphatic heterocycles. The van der Waals surface area contributed by atoms with Gasteiger partial charge in [-0.25, -0.2) is 0 Å². The maximum Gasteiger partial charge on any atom is 0.0249 e. The first kappa shape index (κ1) is 12.8. The van der Waals surface area contributed by atoms with Gasteiger partial charge in [-0.2, -0.15) is 0 Å². The monoisotopic (exact) mass is 215 g/mol. The average molecular weight is 215 g/mol. The van der Waals surface area contributed by atoms with Gasteiger partial charge in [0.1, 0.15) is 0 Å². The molecule has 0 saturated heterocycles. The van der Waals surface area contributed by atoms with Gasteiger partial charge < -0.3 is 5.32 Å². The van der Waals surface area contributed by atoms with E-state index >= 15 is 0 Å². The molecule has 1 nitrogen and oxygen atoms in total. The minimum Gasteiger partial charge on any atom is -0.315 e. The van der Waals surface area contributed by atoms with Gasteiger partial charge in [0.05, 0.1) is 0 Å². The Morgan fingerprint density at radius 1 is 1.25 bits per heavy atom. The zero-order valence-electron chi connectivity index (χ0n) is 10.5. The summed E-state index contributed by atoms with van der Waals surface area (Å²) in [5, 5.41) is 3.38. The predicted octanol–water partition coefficient (Wildman–Crippen LogP) is 3.18. The van der Waals surface area contributed by atoms with Crippen LogP contribution >= 0.6 is 0 Å². The number of benzene rings is 1. The van der Waals surface area contributed by atoms with Crippen molar-refractivity contribution >= 4 is 0 Å².